The topological polar surface area (TPSA) is 59.7 Å². The highest BCUT2D eigenvalue weighted by atomic mass is 35.5. The zero-order chi connectivity index (χ0) is 22.6. The Morgan fingerprint density at radius 2 is 1.77 bits per heavy atom. The molecule has 0 saturated carbocycles. The summed E-state index contributed by atoms with van der Waals surface area (Å²) in [6.45, 7) is 1.47. The molecular formula is C23H20ClF3O4. The fourth-order valence-electron chi connectivity index (χ4n) is 3.11. The van der Waals surface area contributed by atoms with Gasteiger partial charge in [0.05, 0.1) is 5.92 Å². The number of ether oxygens (including phenoxy) is 1. The monoisotopic (exact) mass is 452 g/mol. The van der Waals surface area contributed by atoms with Crippen LogP contribution >= 0.6 is 11.6 Å². The standard InChI is InChI=1S/C23H20ClF3O4/c1-2-15(22(28)29)11-14-3-9-19(10-4-14)30-13-17-12-20(31-21(17)23(25,26)27)16-5-7-18(24)8-6-16/h3-10,12,15H,2,11,13H2,1H3,(H,28,29). The summed E-state index contributed by atoms with van der Waals surface area (Å²) in [5.41, 5.74) is 1.15. The van der Waals surface area contributed by atoms with Crippen molar-refractivity contribution in [3.05, 3.63) is 76.5 Å². The molecule has 0 amide bonds. The summed E-state index contributed by atoms with van der Waals surface area (Å²) in [5, 5.41) is 9.62. The van der Waals surface area contributed by atoms with Gasteiger partial charge in [0.25, 0.3) is 0 Å². The molecule has 0 bridgehead atoms. The third kappa shape index (κ3) is 5.82. The summed E-state index contributed by atoms with van der Waals surface area (Å²) in [6.07, 6.45) is -3.79. The van der Waals surface area contributed by atoms with Crippen molar-refractivity contribution in [1.29, 1.82) is 0 Å². The van der Waals surface area contributed by atoms with Gasteiger partial charge >= 0.3 is 12.1 Å². The largest absolute Gasteiger partial charge is 0.489 e. The van der Waals surface area contributed by atoms with Crippen LogP contribution in [-0.4, -0.2) is 11.1 Å². The molecule has 8 heteroatoms. The first-order valence-corrected chi connectivity index (χ1v) is 9.95. The molecule has 1 unspecified atom stereocenters. The van der Waals surface area contributed by atoms with Gasteiger partial charge in [0, 0.05) is 16.1 Å². The Kier molecular flexibility index (Phi) is 6.95. The maximum Gasteiger partial charge on any atom is 0.449 e. The first kappa shape index (κ1) is 22.7. The third-order valence-corrected chi connectivity index (χ3v) is 5.09. The van der Waals surface area contributed by atoms with Gasteiger partial charge in [-0.25, -0.2) is 0 Å². The molecule has 3 rings (SSSR count). The molecule has 0 aliphatic rings. The van der Waals surface area contributed by atoms with E-state index in [0.717, 1.165) is 5.56 Å². The quantitative estimate of drug-likeness (QED) is 0.406. The van der Waals surface area contributed by atoms with Crippen LogP contribution in [0.1, 0.15) is 30.2 Å². The average molecular weight is 453 g/mol. The molecule has 4 nitrogen and oxygen atoms in total. The Balaban J connectivity index is 1.75. The zero-order valence-electron chi connectivity index (χ0n) is 16.6. The van der Waals surface area contributed by atoms with Crippen molar-refractivity contribution >= 4 is 17.6 Å². The molecule has 1 N–H and O–H groups in total. The van der Waals surface area contributed by atoms with E-state index in [0.29, 0.717) is 29.2 Å². The van der Waals surface area contributed by atoms with Crippen LogP contribution in [-0.2, 0) is 24.0 Å². The second-order valence-corrected chi connectivity index (χ2v) is 7.49. The third-order valence-electron chi connectivity index (χ3n) is 4.84. The van der Waals surface area contributed by atoms with Crippen molar-refractivity contribution in [3.8, 4) is 17.1 Å². The average Bonchev–Trinajstić information content (AvgIpc) is 3.16. The molecule has 1 heterocycles. The molecule has 0 spiro atoms. The normalized spacial score (nSPS) is 12.5. The molecule has 0 aliphatic carbocycles. The summed E-state index contributed by atoms with van der Waals surface area (Å²) in [4.78, 5) is 11.2. The van der Waals surface area contributed by atoms with Gasteiger partial charge in [-0.05, 0) is 60.9 Å². The van der Waals surface area contributed by atoms with Crippen molar-refractivity contribution in [1.82, 2.24) is 0 Å². The fraction of sp³-hybridized carbons (Fsp3) is 0.261. The Morgan fingerprint density at radius 1 is 1.13 bits per heavy atom. The number of benzene rings is 2. The van der Waals surface area contributed by atoms with Crippen LogP contribution in [0, 0.1) is 5.92 Å². The van der Waals surface area contributed by atoms with Crippen LogP contribution in [0.2, 0.25) is 5.02 Å². The molecule has 1 atom stereocenters. The highest BCUT2D eigenvalue weighted by molar-refractivity contribution is 6.30. The Bertz CT molecular complexity index is 1020. The van der Waals surface area contributed by atoms with Crippen molar-refractivity contribution in [2.24, 2.45) is 5.92 Å². The van der Waals surface area contributed by atoms with Crippen molar-refractivity contribution in [2.75, 3.05) is 0 Å². The smallest absolute Gasteiger partial charge is 0.449 e. The van der Waals surface area contributed by atoms with E-state index in [1.54, 1.807) is 55.5 Å². The SMILES string of the molecule is CCC(Cc1ccc(OCc2cc(-c3ccc(Cl)cc3)oc2C(F)(F)F)cc1)C(=O)O. The molecule has 0 radical (unpaired) electrons. The van der Waals surface area contributed by atoms with Crippen LogP contribution in [0.5, 0.6) is 5.75 Å². The lowest BCUT2D eigenvalue weighted by atomic mass is 9.97. The van der Waals surface area contributed by atoms with E-state index in [1.807, 2.05) is 0 Å². The van der Waals surface area contributed by atoms with Crippen molar-refractivity contribution < 1.29 is 32.2 Å². The van der Waals surface area contributed by atoms with E-state index in [9.17, 15) is 18.0 Å². The zero-order valence-corrected chi connectivity index (χ0v) is 17.3. The lowest BCUT2D eigenvalue weighted by Crippen LogP contribution is -2.15. The molecule has 164 valence electrons. The maximum atomic E-state index is 13.4. The van der Waals surface area contributed by atoms with Crippen LogP contribution in [0.15, 0.2) is 59.0 Å². The maximum absolute atomic E-state index is 13.4. The number of carboxylic acid groups (broad SMARTS) is 1. The molecule has 0 aliphatic heterocycles. The van der Waals surface area contributed by atoms with Crippen LogP contribution < -0.4 is 4.74 Å². The second-order valence-electron chi connectivity index (χ2n) is 7.05. The number of hydrogen-bond acceptors (Lipinski definition) is 3. The Hall–Kier alpha value is -2.93. The predicted octanol–water partition coefficient (Wildman–Crippen LogP) is 6.85. The molecule has 2 aromatic carbocycles. The van der Waals surface area contributed by atoms with Crippen LogP contribution in [0.25, 0.3) is 11.3 Å². The van der Waals surface area contributed by atoms with Crippen LogP contribution in [0.4, 0.5) is 13.2 Å². The number of carbonyl (C=O) groups is 1. The summed E-state index contributed by atoms with van der Waals surface area (Å²) >= 11 is 5.83. The summed E-state index contributed by atoms with van der Waals surface area (Å²) in [7, 11) is 0. The number of alkyl halides is 3. The summed E-state index contributed by atoms with van der Waals surface area (Å²) < 4.78 is 50.9. The van der Waals surface area contributed by atoms with Gasteiger partial charge < -0.3 is 14.3 Å². The van der Waals surface area contributed by atoms with Gasteiger partial charge in [-0.2, -0.15) is 13.2 Å². The van der Waals surface area contributed by atoms with Gasteiger partial charge in [0.2, 0.25) is 5.76 Å². The molecule has 0 fully saturated rings. The van der Waals surface area contributed by atoms with E-state index in [-0.39, 0.29) is 17.9 Å². The Morgan fingerprint density at radius 3 is 2.32 bits per heavy atom. The number of carboxylic acids is 1. The molecular weight excluding hydrogens is 433 g/mol. The van der Waals surface area contributed by atoms with E-state index in [4.69, 9.17) is 25.9 Å². The molecule has 0 saturated heterocycles. The van der Waals surface area contributed by atoms with Crippen molar-refractivity contribution in [2.45, 2.75) is 32.5 Å². The first-order valence-electron chi connectivity index (χ1n) is 9.57. The second kappa shape index (κ2) is 9.47. The molecule has 31 heavy (non-hydrogen) atoms. The highest BCUT2D eigenvalue weighted by Crippen LogP contribution is 2.38. The minimum atomic E-state index is -4.67. The van der Waals surface area contributed by atoms with Crippen molar-refractivity contribution in [3.63, 3.8) is 0 Å². The minimum Gasteiger partial charge on any atom is -0.489 e. The summed E-state index contributed by atoms with van der Waals surface area (Å²) in [6, 6.07) is 14.2. The predicted molar refractivity (Wildman–Crippen MR) is 110 cm³/mol. The number of halogens is 4. The lowest BCUT2D eigenvalue weighted by molar-refractivity contribution is -0.153. The van der Waals surface area contributed by atoms with Gasteiger partial charge in [-0.1, -0.05) is 30.7 Å². The molecule has 3 aromatic rings. The van der Waals surface area contributed by atoms with E-state index < -0.39 is 23.8 Å². The van der Waals surface area contributed by atoms with E-state index in [1.165, 1.54) is 6.07 Å². The fourth-order valence-corrected chi connectivity index (χ4v) is 3.23. The Labute approximate surface area is 182 Å². The highest BCUT2D eigenvalue weighted by Gasteiger charge is 2.38. The van der Waals surface area contributed by atoms with Gasteiger partial charge in [-0.15, -0.1) is 0 Å². The number of hydrogen-bond donors (Lipinski definition) is 1. The summed E-state index contributed by atoms with van der Waals surface area (Å²) in [5.74, 6) is -2.02. The number of furan rings is 1. The lowest BCUT2D eigenvalue weighted by Gasteiger charge is -2.11. The van der Waals surface area contributed by atoms with Gasteiger partial charge in [-0.3, -0.25) is 4.79 Å². The van der Waals surface area contributed by atoms with Crippen LogP contribution in [0.3, 0.4) is 0 Å². The van der Waals surface area contributed by atoms with Gasteiger partial charge in [0.15, 0.2) is 0 Å². The van der Waals surface area contributed by atoms with E-state index in [2.05, 4.69) is 0 Å². The van der Waals surface area contributed by atoms with Gasteiger partial charge in [0.1, 0.15) is 18.1 Å². The first-order chi connectivity index (χ1) is 14.7. The minimum absolute atomic E-state index is 0.0669. The van der Waals surface area contributed by atoms with E-state index >= 15 is 0 Å². The molecule has 1 aromatic heterocycles. The number of rotatable bonds is 8. The number of aliphatic carboxylic acids is 1.